The van der Waals surface area contributed by atoms with Gasteiger partial charge >= 0.3 is 0 Å². The second-order valence-electron chi connectivity index (χ2n) is 3.69. The molecule has 0 bridgehead atoms. The number of aromatic amines is 1. The fraction of sp³-hybridized carbons (Fsp3) is 0.333. The highest BCUT2D eigenvalue weighted by Gasteiger charge is 2.28. The fourth-order valence-electron chi connectivity index (χ4n) is 1.37. The van der Waals surface area contributed by atoms with Crippen LogP contribution in [0.15, 0.2) is 17.0 Å². The lowest BCUT2D eigenvalue weighted by molar-refractivity contribution is 0.101. The second kappa shape index (κ2) is 3.44. The molecular weight excluding hydrogens is 210 g/mol. The summed E-state index contributed by atoms with van der Waals surface area (Å²) in [7, 11) is 0. The number of nitrogens with one attached hydrogen (secondary N) is 2. The Morgan fingerprint density at radius 2 is 2.44 bits per heavy atom. The lowest BCUT2D eigenvalue weighted by Gasteiger charge is -1.94. The zero-order chi connectivity index (χ0) is 11.0. The molecule has 1 aliphatic carbocycles. The first-order valence-corrected chi connectivity index (χ1v) is 4.96. The highest BCUT2D eigenvalue weighted by Crippen LogP contribution is 2.37. The molecule has 1 saturated carbocycles. The number of carbonyl (C=O) groups excluding carboxylic acids is 1. The Bertz CT molecular complexity index is 500. The van der Waals surface area contributed by atoms with Crippen molar-refractivity contribution in [3.05, 3.63) is 24.1 Å². The standard InChI is InChI=1S/C9H9N5O2/c15-9(11-6-3-10-16-4-6)8-12-7(13-14-8)5-1-2-5/h3-5H,1-2H2,(H,11,15)(H,12,13,14). The maximum Gasteiger partial charge on any atom is 0.295 e. The topological polar surface area (TPSA) is 96.7 Å². The van der Waals surface area contributed by atoms with Gasteiger partial charge in [-0.3, -0.25) is 9.89 Å². The molecule has 2 aromatic heterocycles. The summed E-state index contributed by atoms with van der Waals surface area (Å²) in [5, 5.41) is 12.7. The highest BCUT2D eigenvalue weighted by molar-refractivity contribution is 6.01. The first-order valence-electron chi connectivity index (χ1n) is 4.96. The summed E-state index contributed by atoms with van der Waals surface area (Å²) >= 11 is 0. The minimum Gasteiger partial charge on any atom is -0.363 e. The number of anilines is 1. The Morgan fingerprint density at radius 1 is 1.56 bits per heavy atom. The number of carbonyl (C=O) groups is 1. The van der Waals surface area contributed by atoms with Crippen molar-refractivity contribution in [3.8, 4) is 0 Å². The van der Waals surface area contributed by atoms with Crippen molar-refractivity contribution >= 4 is 11.6 Å². The Labute approximate surface area is 90.2 Å². The van der Waals surface area contributed by atoms with E-state index in [9.17, 15) is 4.79 Å². The van der Waals surface area contributed by atoms with E-state index in [2.05, 4.69) is 30.2 Å². The monoisotopic (exact) mass is 219 g/mol. The van der Waals surface area contributed by atoms with E-state index >= 15 is 0 Å². The summed E-state index contributed by atoms with van der Waals surface area (Å²) in [6.45, 7) is 0. The third-order valence-electron chi connectivity index (χ3n) is 2.36. The van der Waals surface area contributed by atoms with Gasteiger partial charge in [-0.25, -0.2) is 4.98 Å². The average Bonchev–Trinajstić information content (AvgIpc) is 2.82. The molecule has 7 heteroatoms. The van der Waals surface area contributed by atoms with Gasteiger partial charge in [0.1, 0.15) is 17.8 Å². The fourth-order valence-corrected chi connectivity index (χ4v) is 1.37. The molecule has 1 fully saturated rings. The maximum absolute atomic E-state index is 11.6. The van der Waals surface area contributed by atoms with Gasteiger partial charge in [0.05, 0.1) is 6.20 Å². The zero-order valence-corrected chi connectivity index (χ0v) is 8.30. The Balaban J connectivity index is 1.73. The molecule has 2 N–H and O–H groups in total. The van der Waals surface area contributed by atoms with E-state index in [4.69, 9.17) is 0 Å². The van der Waals surface area contributed by atoms with E-state index in [1.165, 1.54) is 12.5 Å². The van der Waals surface area contributed by atoms with Crippen LogP contribution in [-0.2, 0) is 0 Å². The van der Waals surface area contributed by atoms with Crippen molar-refractivity contribution in [2.45, 2.75) is 18.8 Å². The maximum atomic E-state index is 11.6. The van der Waals surface area contributed by atoms with Gasteiger partial charge in [0.15, 0.2) is 0 Å². The lowest BCUT2D eigenvalue weighted by atomic mass is 10.4. The van der Waals surface area contributed by atoms with Crippen LogP contribution in [-0.4, -0.2) is 26.2 Å². The molecule has 82 valence electrons. The third-order valence-corrected chi connectivity index (χ3v) is 2.36. The Hall–Kier alpha value is -2.18. The van der Waals surface area contributed by atoms with Gasteiger partial charge in [-0.2, -0.15) is 0 Å². The van der Waals surface area contributed by atoms with Crippen molar-refractivity contribution in [1.29, 1.82) is 0 Å². The number of nitrogens with zero attached hydrogens (tertiary/aromatic N) is 3. The molecular formula is C9H9N5O2. The number of hydrogen-bond donors (Lipinski definition) is 2. The van der Waals surface area contributed by atoms with Crippen LogP contribution in [0.5, 0.6) is 0 Å². The summed E-state index contributed by atoms with van der Waals surface area (Å²) < 4.78 is 4.59. The van der Waals surface area contributed by atoms with E-state index in [0.29, 0.717) is 11.6 Å². The van der Waals surface area contributed by atoms with E-state index < -0.39 is 0 Å². The van der Waals surface area contributed by atoms with E-state index in [-0.39, 0.29) is 11.7 Å². The number of rotatable bonds is 3. The van der Waals surface area contributed by atoms with Crippen LogP contribution >= 0.6 is 0 Å². The van der Waals surface area contributed by atoms with Crippen LogP contribution < -0.4 is 5.32 Å². The number of aromatic nitrogens is 4. The highest BCUT2D eigenvalue weighted by atomic mass is 16.5. The van der Waals surface area contributed by atoms with Crippen LogP contribution in [0.3, 0.4) is 0 Å². The van der Waals surface area contributed by atoms with Crippen LogP contribution in [0.25, 0.3) is 0 Å². The Kier molecular flexibility index (Phi) is 1.95. The van der Waals surface area contributed by atoms with Gasteiger partial charge in [0, 0.05) is 5.92 Å². The second-order valence-corrected chi connectivity index (χ2v) is 3.69. The molecule has 1 aliphatic rings. The molecule has 0 saturated heterocycles. The van der Waals surface area contributed by atoms with E-state index in [0.717, 1.165) is 18.7 Å². The third kappa shape index (κ3) is 1.67. The predicted molar refractivity (Wildman–Crippen MR) is 52.8 cm³/mol. The number of hydrogen-bond acceptors (Lipinski definition) is 5. The van der Waals surface area contributed by atoms with E-state index in [1.54, 1.807) is 0 Å². The minimum absolute atomic E-state index is 0.142. The van der Waals surface area contributed by atoms with Crippen molar-refractivity contribution in [3.63, 3.8) is 0 Å². The SMILES string of the molecule is O=C(Nc1cnoc1)c1n[nH]c(C2CC2)n1. The van der Waals surface area contributed by atoms with Gasteiger partial charge in [-0.1, -0.05) is 5.16 Å². The first-order chi connectivity index (χ1) is 7.83. The van der Waals surface area contributed by atoms with Crippen LogP contribution in [0.2, 0.25) is 0 Å². The van der Waals surface area contributed by atoms with Gasteiger partial charge in [0.25, 0.3) is 5.91 Å². The largest absolute Gasteiger partial charge is 0.363 e. The van der Waals surface area contributed by atoms with Gasteiger partial charge in [-0.05, 0) is 12.8 Å². The molecule has 3 rings (SSSR count). The predicted octanol–water partition coefficient (Wildman–Crippen LogP) is 0.922. The van der Waals surface area contributed by atoms with Crippen LogP contribution in [0.1, 0.15) is 35.2 Å². The molecule has 16 heavy (non-hydrogen) atoms. The van der Waals surface area contributed by atoms with Crippen molar-refractivity contribution in [1.82, 2.24) is 20.3 Å². The quantitative estimate of drug-likeness (QED) is 0.800. The molecule has 0 radical (unpaired) electrons. The molecule has 7 nitrogen and oxygen atoms in total. The normalized spacial score (nSPS) is 15.0. The molecule has 1 amide bonds. The Morgan fingerprint density at radius 3 is 3.12 bits per heavy atom. The minimum atomic E-state index is -0.369. The lowest BCUT2D eigenvalue weighted by Crippen LogP contribution is -2.13. The summed E-state index contributed by atoms with van der Waals surface area (Å²) in [6.07, 6.45) is 4.97. The molecule has 0 aliphatic heterocycles. The first kappa shape index (κ1) is 9.08. The van der Waals surface area contributed by atoms with Crippen molar-refractivity contribution in [2.75, 3.05) is 5.32 Å². The molecule has 0 unspecified atom stereocenters. The summed E-state index contributed by atoms with van der Waals surface area (Å²) in [4.78, 5) is 15.8. The number of amides is 1. The molecule has 0 atom stereocenters. The average molecular weight is 219 g/mol. The summed E-state index contributed by atoms with van der Waals surface area (Å²) in [5.41, 5.74) is 0.489. The molecule has 0 spiro atoms. The summed E-state index contributed by atoms with van der Waals surface area (Å²) in [6, 6.07) is 0. The van der Waals surface area contributed by atoms with Crippen LogP contribution in [0.4, 0.5) is 5.69 Å². The molecule has 2 heterocycles. The zero-order valence-electron chi connectivity index (χ0n) is 8.30. The smallest absolute Gasteiger partial charge is 0.295 e. The van der Waals surface area contributed by atoms with E-state index in [1.807, 2.05) is 0 Å². The molecule has 0 aromatic carbocycles. The van der Waals surface area contributed by atoms with Gasteiger partial charge < -0.3 is 9.84 Å². The van der Waals surface area contributed by atoms with Crippen LogP contribution in [0, 0.1) is 0 Å². The van der Waals surface area contributed by atoms with Crippen molar-refractivity contribution in [2.24, 2.45) is 0 Å². The molecule has 2 aromatic rings. The summed E-state index contributed by atoms with van der Waals surface area (Å²) in [5.74, 6) is 1.01. The number of H-pyrrole nitrogens is 1. The van der Waals surface area contributed by atoms with Crippen molar-refractivity contribution < 1.29 is 9.32 Å². The van der Waals surface area contributed by atoms with Gasteiger partial charge in [-0.15, -0.1) is 5.10 Å². The van der Waals surface area contributed by atoms with Gasteiger partial charge in [0.2, 0.25) is 5.82 Å².